The lowest BCUT2D eigenvalue weighted by Gasteiger charge is -1.98. The highest BCUT2D eigenvalue weighted by molar-refractivity contribution is 5.01. The average Bonchev–Trinajstić information content (AvgIpc) is 3.14. The second-order valence-corrected chi connectivity index (χ2v) is 5.54. The van der Waals surface area contributed by atoms with Gasteiger partial charge in [0.1, 0.15) is 0 Å². The highest BCUT2D eigenvalue weighted by atomic mass is 16.6. The van der Waals surface area contributed by atoms with Gasteiger partial charge in [0.05, 0.1) is 12.2 Å². The molecule has 0 aromatic rings. The molecule has 1 aliphatic carbocycles. The van der Waals surface area contributed by atoms with Crippen LogP contribution in [0.5, 0.6) is 0 Å². The molecule has 1 saturated carbocycles. The molecule has 1 aliphatic heterocycles. The van der Waals surface area contributed by atoms with Crippen molar-refractivity contribution in [2.45, 2.75) is 70.5 Å². The maximum absolute atomic E-state index is 8.98. The Kier molecular flexibility index (Phi) is 4.66. The molecular formula is C14H26O2. The maximum Gasteiger partial charge on any atom is 0.0873 e. The second kappa shape index (κ2) is 6.02. The fourth-order valence-electron chi connectivity index (χ4n) is 2.77. The van der Waals surface area contributed by atoms with Crippen LogP contribution in [0.2, 0.25) is 0 Å². The Morgan fingerprint density at radius 3 is 2.56 bits per heavy atom. The SMILES string of the molecule is CCCCCCCCC1OC1C1CC1CO. The van der Waals surface area contributed by atoms with Gasteiger partial charge < -0.3 is 9.84 Å². The molecular weight excluding hydrogens is 200 g/mol. The minimum Gasteiger partial charge on any atom is -0.396 e. The van der Waals surface area contributed by atoms with Gasteiger partial charge in [-0.2, -0.15) is 0 Å². The third kappa shape index (κ3) is 3.46. The summed E-state index contributed by atoms with van der Waals surface area (Å²) in [6.07, 6.45) is 11.8. The first-order chi connectivity index (χ1) is 7.86. The molecule has 2 fully saturated rings. The van der Waals surface area contributed by atoms with E-state index in [1.54, 1.807) is 0 Å². The zero-order chi connectivity index (χ0) is 11.4. The molecule has 4 unspecified atom stereocenters. The first kappa shape index (κ1) is 12.4. The quantitative estimate of drug-likeness (QED) is 0.484. The lowest BCUT2D eigenvalue weighted by Crippen LogP contribution is -2.00. The number of rotatable bonds is 9. The summed E-state index contributed by atoms with van der Waals surface area (Å²) in [5, 5.41) is 8.98. The van der Waals surface area contributed by atoms with E-state index >= 15 is 0 Å². The predicted octanol–water partition coefficient (Wildman–Crippen LogP) is 3.13. The van der Waals surface area contributed by atoms with Crippen LogP contribution in [0, 0.1) is 11.8 Å². The number of unbranched alkanes of at least 4 members (excludes halogenated alkanes) is 5. The maximum atomic E-state index is 8.98. The molecule has 2 aliphatic rings. The molecule has 2 rings (SSSR count). The van der Waals surface area contributed by atoms with Gasteiger partial charge in [0.15, 0.2) is 0 Å². The van der Waals surface area contributed by atoms with Crippen molar-refractivity contribution in [3.63, 3.8) is 0 Å². The summed E-state index contributed by atoms with van der Waals surface area (Å²) in [4.78, 5) is 0. The molecule has 1 saturated heterocycles. The molecule has 0 aromatic heterocycles. The third-order valence-electron chi connectivity index (χ3n) is 4.10. The molecule has 0 spiro atoms. The van der Waals surface area contributed by atoms with Crippen LogP contribution in [0.1, 0.15) is 58.3 Å². The van der Waals surface area contributed by atoms with Crippen LogP contribution in [-0.2, 0) is 4.74 Å². The van der Waals surface area contributed by atoms with Crippen LogP contribution < -0.4 is 0 Å². The van der Waals surface area contributed by atoms with Crippen LogP contribution in [0.25, 0.3) is 0 Å². The summed E-state index contributed by atoms with van der Waals surface area (Å²) in [5.41, 5.74) is 0. The standard InChI is InChI=1S/C14H26O2/c1-2-3-4-5-6-7-8-13-14(16-13)12-9-11(12)10-15/h11-15H,2-10H2,1H3. The molecule has 16 heavy (non-hydrogen) atoms. The Bertz CT molecular complexity index is 205. The van der Waals surface area contributed by atoms with E-state index in [1.165, 1.54) is 51.4 Å². The fourth-order valence-corrected chi connectivity index (χ4v) is 2.77. The van der Waals surface area contributed by atoms with Crippen molar-refractivity contribution < 1.29 is 9.84 Å². The highest BCUT2D eigenvalue weighted by Gasteiger charge is 2.54. The number of hydrogen-bond donors (Lipinski definition) is 1. The third-order valence-corrected chi connectivity index (χ3v) is 4.10. The highest BCUT2D eigenvalue weighted by Crippen LogP contribution is 2.50. The number of aliphatic hydroxyl groups is 1. The summed E-state index contributed by atoms with van der Waals surface area (Å²) < 4.78 is 5.69. The lowest BCUT2D eigenvalue weighted by atomic mass is 10.1. The number of epoxide rings is 1. The van der Waals surface area contributed by atoms with E-state index in [4.69, 9.17) is 9.84 Å². The lowest BCUT2D eigenvalue weighted by molar-refractivity contribution is 0.259. The van der Waals surface area contributed by atoms with Gasteiger partial charge in [-0.1, -0.05) is 45.4 Å². The zero-order valence-electron chi connectivity index (χ0n) is 10.5. The van der Waals surface area contributed by atoms with E-state index in [0.717, 1.165) is 0 Å². The van der Waals surface area contributed by atoms with Crippen LogP contribution >= 0.6 is 0 Å². The van der Waals surface area contributed by atoms with Gasteiger partial charge in [0.25, 0.3) is 0 Å². The van der Waals surface area contributed by atoms with Crippen LogP contribution in [0.3, 0.4) is 0 Å². The van der Waals surface area contributed by atoms with Crippen molar-refractivity contribution in [1.82, 2.24) is 0 Å². The van der Waals surface area contributed by atoms with Gasteiger partial charge in [0.2, 0.25) is 0 Å². The molecule has 2 heteroatoms. The van der Waals surface area contributed by atoms with Gasteiger partial charge in [-0.05, 0) is 24.7 Å². The largest absolute Gasteiger partial charge is 0.396 e. The van der Waals surface area contributed by atoms with Crippen LogP contribution in [0.4, 0.5) is 0 Å². The normalized spacial score (nSPS) is 36.4. The van der Waals surface area contributed by atoms with Gasteiger partial charge in [-0.15, -0.1) is 0 Å². The van der Waals surface area contributed by atoms with Crippen molar-refractivity contribution in [3.8, 4) is 0 Å². The van der Waals surface area contributed by atoms with E-state index in [1.807, 2.05) is 0 Å². The van der Waals surface area contributed by atoms with Crippen molar-refractivity contribution >= 4 is 0 Å². The van der Waals surface area contributed by atoms with Gasteiger partial charge >= 0.3 is 0 Å². The second-order valence-electron chi connectivity index (χ2n) is 5.54. The molecule has 0 amide bonds. The molecule has 0 radical (unpaired) electrons. The topological polar surface area (TPSA) is 32.8 Å². The van der Waals surface area contributed by atoms with E-state index in [2.05, 4.69) is 6.92 Å². The Hall–Kier alpha value is -0.0800. The zero-order valence-corrected chi connectivity index (χ0v) is 10.5. The summed E-state index contributed by atoms with van der Waals surface area (Å²) >= 11 is 0. The van der Waals surface area contributed by atoms with Gasteiger partial charge in [-0.25, -0.2) is 0 Å². The predicted molar refractivity (Wildman–Crippen MR) is 65.3 cm³/mol. The summed E-state index contributed by atoms with van der Waals surface area (Å²) in [7, 11) is 0. The molecule has 1 N–H and O–H groups in total. The first-order valence-electron chi connectivity index (χ1n) is 7.13. The van der Waals surface area contributed by atoms with Crippen molar-refractivity contribution in [2.24, 2.45) is 11.8 Å². The Morgan fingerprint density at radius 1 is 1.12 bits per heavy atom. The molecule has 4 atom stereocenters. The monoisotopic (exact) mass is 226 g/mol. The van der Waals surface area contributed by atoms with E-state index in [9.17, 15) is 0 Å². The van der Waals surface area contributed by atoms with Crippen molar-refractivity contribution in [3.05, 3.63) is 0 Å². The number of ether oxygens (including phenoxy) is 1. The van der Waals surface area contributed by atoms with Crippen molar-refractivity contribution in [2.75, 3.05) is 6.61 Å². The van der Waals surface area contributed by atoms with Crippen molar-refractivity contribution in [1.29, 1.82) is 0 Å². The molecule has 94 valence electrons. The van der Waals surface area contributed by atoms with Crippen LogP contribution in [0.15, 0.2) is 0 Å². The Labute approximate surface area is 99.4 Å². The smallest absolute Gasteiger partial charge is 0.0873 e. The fraction of sp³-hybridized carbons (Fsp3) is 1.00. The first-order valence-corrected chi connectivity index (χ1v) is 7.13. The molecule has 1 heterocycles. The Balaban J connectivity index is 1.42. The van der Waals surface area contributed by atoms with Gasteiger partial charge in [-0.3, -0.25) is 0 Å². The van der Waals surface area contributed by atoms with E-state index in [-0.39, 0.29) is 0 Å². The Morgan fingerprint density at radius 2 is 1.88 bits per heavy atom. The van der Waals surface area contributed by atoms with Gasteiger partial charge in [0, 0.05) is 6.61 Å². The summed E-state index contributed by atoms with van der Waals surface area (Å²) in [6, 6.07) is 0. The minimum atomic E-state index is 0.369. The summed E-state index contributed by atoms with van der Waals surface area (Å²) in [6.45, 7) is 2.63. The number of hydrogen-bond acceptors (Lipinski definition) is 2. The minimum absolute atomic E-state index is 0.369. The number of aliphatic hydroxyl groups excluding tert-OH is 1. The summed E-state index contributed by atoms with van der Waals surface area (Å²) in [5.74, 6) is 1.27. The van der Waals surface area contributed by atoms with E-state index < -0.39 is 0 Å². The molecule has 0 bridgehead atoms. The molecule has 0 aromatic carbocycles. The molecule has 2 nitrogen and oxygen atoms in total. The van der Waals surface area contributed by atoms with Crippen LogP contribution in [-0.4, -0.2) is 23.9 Å². The van der Waals surface area contributed by atoms with E-state index in [0.29, 0.717) is 30.7 Å². The average molecular weight is 226 g/mol.